The van der Waals surface area contributed by atoms with Crippen LogP contribution in [0.15, 0.2) is 30.5 Å². The summed E-state index contributed by atoms with van der Waals surface area (Å²) in [6, 6.07) is 7.71. The predicted octanol–water partition coefficient (Wildman–Crippen LogP) is 1.89. The number of benzene rings is 1. The quantitative estimate of drug-likeness (QED) is 0.647. The number of ketones is 1. The van der Waals surface area contributed by atoms with Gasteiger partial charge < -0.3 is 4.74 Å². The topological polar surface area (TPSA) is 39.2 Å². The monoisotopic (exact) mass is 197 g/mol. The van der Waals surface area contributed by atoms with E-state index in [2.05, 4.69) is 11.4 Å². The minimum atomic E-state index is -0.179. The van der Waals surface area contributed by atoms with Crippen molar-refractivity contribution in [1.29, 1.82) is 0 Å². The number of carbonyl (C=O) groups is 1. The van der Waals surface area contributed by atoms with Crippen LogP contribution in [0.5, 0.6) is 5.75 Å². The highest BCUT2D eigenvalue weighted by molar-refractivity contribution is 6.08. The standard InChI is InChI=1S/C12H7NO2/c14-10-5-6-15-12-9-4-2-1-3-8(9)7-13-11(10)12/h1-4,7H,6H2. The smallest absolute Gasteiger partial charge is 0.196 e. The van der Waals surface area contributed by atoms with Gasteiger partial charge >= 0.3 is 0 Å². The fraction of sp³-hybridized carbons (Fsp3) is 0.0833. The molecule has 1 aromatic heterocycles. The minimum absolute atomic E-state index is 0.179. The summed E-state index contributed by atoms with van der Waals surface area (Å²) in [5.74, 6) is 0.402. The first kappa shape index (κ1) is 8.41. The van der Waals surface area contributed by atoms with Crippen LogP contribution in [-0.4, -0.2) is 17.4 Å². The van der Waals surface area contributed by atoms with Gasteiger partial charge in [0.05, 0.1) is 0 Å². The highest BCUT2D eigenvalue weighted by Crippen LogP contribution is 2.30. The third-order valence-corrected chi connectivity index (χ3v) is 2.42. The van der Waals surface area contributed by atoms with Crippen LogP contribution >= 0.6 is 0 Å². The van der Waals surface area contributed by atoms with Crippen molar-refractivity contribution in [3.05, 3.63) is 42.6 Å². The summed E-state index contributed by atoms with van der Waals surface area (Å²) in [6.07, 6.45) is 4.26. The third kappa shape index (κ3) is 1.20. The van der Waals surface area contributed by atoms with E-state index in [0.717, 1.165) is 10.8 Å². The largest absolute Gasteiger partial charge is 0.489 e. The number of Topliss-reactive ketones (excluding diaryl/α,β-unsaturated/α-hetero) is 1. The molecule has 0 saturated heterocycles. The molecule has 1 aromatic carbocycles. The molecule has 0 N–H and O–H groups in total. The van der Waals surface area contributed by atoms with Crippen molar-refractivity contribution in [2.45, 2.75) is 0 Å². The molecule has 2 radical (unpaired) electrons. The van der Waals surface area contributed by atoms with E-state index in [9.17, 15) is 4.79 Å². The van der Waals surface area contributed by atoms with Crippen LogP contribution in [0, 0.1) is 6.42 Å². The summed E-state index contributed by atoms with van der Waals surface area (Å²) in [7, 11) is 0. The fourth-order valence-corrected chi connectivity index (χ4v) is 1.70. The molecule has 0 saturated carbocycles. The lowest BCUT2D eigenvalue weighted by Crippen LogP contribution is -2.17. The highest BCUT2D eigenvalue weighted by atomic mass is 16.5. The summed E-state index contributed by atoms with van der Waals surface area (Å²) >= 11 is 0. The van der Waals surface area contributed by atoms with Gasteiger partial charge in [-0.1, -0.05) is 24.3 Å². The lowest BCUT2D eigenvalue weighted by Gasteiger charge is -2.16. The van der Waals surface area contributed by atoms with Crippen molar-refractivity contribution in [1.82, 2.24) is 4.98 Å². The van der Waals surface area contributed by atoms with E-state index in [-0.39, 0.29) is 12.4 Å². The summed E-state index contributed by atoms with van der Waals surface area (Å²) in [5, 5.41) is 1.91. The summed E-state index contributed by atoms with van der Waals surface area (Å²) in [4.78, 5) is 15.6. The Morgan fingerprint density at radius 2 is 2.20 bits per heavy atom. The average Bonchev–Trinajstić information content (AvgIpc) is 2.29. The van der Waals surface area contributed by atoms with Gasteiger partial charge in [0.1, 0.15) is 18.7 Å². The van der Waals surface area contributed by atoms with Crippen LogP contribution in [0.4, 0.5) is 0 Å². The van der Waals surface area contributed by atoms with Crippen molar-refractivity contribution in [2.75, 3.05) is 6.61 Å². The first-order chi connectivity index (χ1) is 7.36. The molecule has 72 valence electrons. The van der Waals surface area contributed by atoms with Crippen molar-refractivity contribution in [3.63, 3.8) is 0 Å². The zero-order valence-corrected chi connectivity index (χ0v) is 7.86. The predicted molar refractivity (Wildman–Crippen MR) is 54.8 cm³/mol. The van der Waals surface area contributed by atoms with Gasteiger partial charge in [-0.05, 0) is 0 Å². The molecule has 1 aliphatic heterocycles. The zero-order valence-electron chi connectivity index (χ0n) is 7.86. The summed E-state index contributed by atoms with van der Waals surface area (Å²) in [6.45, 7) is 0.210. The van der Waals surface area contributed by atoms with Gasteiger partial charge in [-0.2, -0.15) is 0 Å². The van der Waals surface area contributed by atoms with E-state index in [1.165, 1.54) is 0 Å². The molecule has 0 aliphatic carbocycles. The maximum absolute atomic E-state index is 11.5. The van der Waals surface area contributed by atoms with Gasteiger partial charge in [-0.15, -0.1) is 0 Å². The molecule has 0 fully saturated rings. The molecule has 1 aliphatic rings. The lowest BCUT2D eigenvalue weighted by molar-refractivity contribution is 0.0989. The van der Waals surface area contributed by atoms with Gasteiger partial charge in [0.25, 0.3) is 0 Å². The van der Waals surface area contributed by atoms with E-state index in [0.29, 0.717) is 11.4 Å². The number of aromatic nitrogens is 1. The fourth-order valence-electron chi connectivity index (χ4n) is 1.70. The molecule has 0 unspecified atom stereocenters. The molecule has 15 heavy (non-hydrogen) atoms. The van der Waals surface area contributed by atoms with Gasteiger partial charge in [0.2, 0.25) is 0 Å². The van der Waals surface area contributed by atoms with Crippen molar-refractivity contribution in [2.24, 2.45) is 0 Å². The molecule has 3 nitrogen and oxygen atoms in total. The van der Waals surface area contributed by atoms with Gasteiger partial charge in [-0.3, -0.25) is 4.79 Å². The Balaban J connectivity index is 2.38. The zero-order chi connectivity index (χ0) is 10.3. The van der Waals surface area contributed by atoms with Gasteiger partial charge in [0.15, 0.2) is 11.5 Å². The number of nitrogens with zero attached hydrogens (tertiary/aromatic N) is 1. The second-order valence-corrected chi connectivity index (χ2v) is 3.32. The Labute approximate surface area is 86.7 Å². The van der Waals surface area contributed by atoms with Crippen LogP contribution in [0.1, 0.15) is 10.5 Å². The van der Waals surface area contributed by atoms with Crippen LogP contribution in [0.3, 0.4) is 0 Å². The average molecular weight is 197 g/mol. The molecule has 3 rings (SSSR count). The number of hydrogen-bond acceptors (Lipinski definition) is 3. The van der Waals surface area contributed by atoms with Crippen molar-refractivity contribution < 1.29 is 9.53 Å². The molecule has 0 bridgehead atoms. The van der Waals surface area contributed by atoms with E-state index >= 15 is 0 Å². The number of rotatable bonds is 0. The molecular weight excluding hydrogens is 190 g/mol. The molecule has 3 heteroatoms. The Morgan fingerprint density at radius 1 is 1.33 bits per heavy atom. The summed E-state index contributed by atoms with van der Waals surface area (Å²) < 4.78 is 5.41. The molecule has 0 atom stereocenters. The molecule has 0 amide bonds. The summed E-state index contributed by atoms with van der Waals surface area (Å²) in [5.41, 5.74) is 0.361. The number of fused-ring (bicyclic) bond motifs is 3. The SMILES string of the molecule is O=C1[C]COc2c1ncc1ccccc21. The van der Waals surface area contributed by atoms with Crippen molar-refractivity contribution >= 4 is 16.6 Å². The van der Waals surface area contributed by atoms with E-state index < -0.39 is 0 Å². The molecule has 2 heterocycles. The highest BCUT2D eigenvalue weighted by Gasteiger charge is 2.22. The van der Waals surface area contributed by atoms with E-state index in [1.54, 1.807) is 6.20 Å². The Kier molecular flexibility index (Phi) is 1.71. The molecule has 0 spiro atoms. The van der Waals surface area contributed by atoms with Crippen LogP contribution < -0.4 is 4.74 Å². The first-order valence-electron chi connectivity index (χ1n) is 4.65. The molecular formula is C12H7NO2. The minimum Gasteiger partial charge on any atom is -0.489 e. The van der Waals surface area contributed by atoms with Crippen LogP contribution in [0.25, 0.3) is 10.8 Å². The van der Waals surface area contributed by atoms with Crippen molar-refractivity contribution in [3.8, 4) is 5.75 Å². The van der Waals surface area contributed by atoms with E-state index in [1.807, 2.05) is 24.3 Å². The number of pyridine rings is 1. The normalized spacial score (nSPS) is 14.8. The maximum Gasteiger partial charge on any atom is 0.196 e. The van der Waals surface area contributed by atoms with Gasteiger partial charge in [0, 0.05) is 17.0 Å². The third-order valence-electron chi connectivity index (χ3n) is 2.42. The number of carbonyl (C=O) groups excluding carboxylic acids is 1. The second-order valence-electron chi connectivity index (χ2n) is 3.32. The Morgan fingerprint density at radius 3 is 3.13 bits per heavy atom. The van der Waals surface area contributed by atoms with Crippen LogP contribution in [0.2, 0.25) is 0 Å². The maximum atomic E-state index is 11.5. The molecule has 2 aromatic rings. The Hall–Kier alpha value is -1.90. The second kappa shape index (κ2) is 3.05. The van der Waals surface area contributed by atoms with Crippen LogP contribution in [-0.2, 0) is 0 Å². The van der Waals surface area contributed by atoms with E-state index in [4.69, 9.17) is 4.74 Å². The Bertz CT molecular complexity index is 548. The first-order valence-corrected chi connectivity index (χ1v) is 4.65. The van der Waals surface area contributed by atoms with Gasteiger partial charge in [-0.25, -0.2) is 4.98 Å². The lowest BCUT2D eigenvalue weighted by atomic mass is 10.1. The number of hydrogen-bond donors (Lipinski definition) is 0. The number of ether oxygens (including phenoxy) is 1.